The van der Waals surface area contributed by atoms with Crippen LogP contribution in [-0.4, -0.2) is 22.2 Å². The van der Waals surface area contributed by atoms with Gasteiger partial charge >= 0.3 is 0 Å². The molecule has 0 saturated carbocycles. The Morgan fingerprint density at radius 2 is 1.70 bits per heavy atom. The summed E-state index contributed by atoms with van der Waals surface area (Å²) in [6.45, 7) is 2.24. The van der Waals surface area contributed by atoms with Crippen LogP contribution in [0.5, 0.6) is 5.75 Å². The second-order valence-electron chi connectivity index (χ2n) is 7.43. The van der Waals surface area contributed by atoms with Crippen molar-refractivity contribution in [3.63, 3.8) is 0 Å². The van der Waals surface area contributed by atoms with E-state index in [4.69, 9.17) is 9.15 Å². The fraction of sp³-hybridized carbons (Fsp3) is 0.154. The van der Waals surface area contributed by atoms with E-state index in [9.17, 15) is 9.00 Å². The highest BCUT2D eigenvalue weighted by molar-refractivity contribution is 7.84. The van der Waals surface area contributed by atoms with E-state index in [0.29, 0.717) is 29.5 Å². The molecule has 0 aliphatic carbocycles. The fourth-order valence-corrected chi connectivity index (χ4v) is 4.40. The van der Waals surface area contributed by atoms with Crippen molar-refractivity contribution < 1.29 is 18.2 Å². The Morgan fingerprint density at radius 1 is 1.00 bits per heavy atom. The first kappa shape index (κ1) is 22.5. The van der Waals surface area contributed by atoms with Crippen molar-refractivity contribution in [1.82, 2.24) is 10.3 Å². The smallest absolute Gasteiger partial charge is 0.251 e. The topological polar surface area (TPSA) is 81.4 Å². The zero-order chi connectivity index (χ0) is 23.2. The Hall–Kier alpha value is -3.71. The monoisotopic (exact) mass is 460 g/mol. The normalized spacial score (nSPS) is 11.7. The summed E-state index contributed by atoms with van der Waals surface area (Å²) in [6, 6.07) is 23.9. The summed E-state index contributed by atoms with van der Waals surface area (Å²) in [5.41, 5.74) is 2.94. The lowest BCUT2D eigenvalue weighted by Gasteiger charge is -2.07. The number of oxazole rings is 1. The number of benzene rings is 3. The lowest BCUT2D eigenvalue weighted by atomic mass is 10.1. The SMILES string of the molecule is COc1ccc(CNC(=O)c2ccc(-c3nc(C[S@](=O)c4ccccc4)c(C)o3)cc2)cc1. The summed E-state index contributed by atoms with van der Waals surface area (Å²) >= 11 is 0. The van der Waals surface area contributed by atoms with Crippen molar-refractivity contribution in [2.75, 3.05) is 7.11 Å². The number of nitrogens with zero attached hydrogens (tertiary/aromatic N) is 1. The molecule has 0 radical (unpaired) electrons. The van der Waals surface area contributed by atoms with E-state index in [1.165, 1.54) is 0 Å². The van der Waals surface area contributed by atoms with Gasteiger partial charge in [-0.2, -0.15) is 0 Å². The van der Waals surface area contributed by atoms with Gasteiger partial charge in [0.05, 0.1) is 29.4 Å². The number of carbonyl (C=O) groups excluding carboxylic acids is 1. The molecule has 0 aliphatic heterocycles. The molecule has 0 aliphatic rings. The molecule has 1 atom stereocenters. The first-order valence-electron chi connectivity index (χ1n) is 10.4. The summed E-state index contributed by atoms with van der Waals surface area (Å²) in [5, 5.41) is 2.91. The number of amides is 1. The average molecular weight is 461 g/mol. The van der Waals surface area contributed by atoms with Crippen LogP contribution in [-0.2, 0) is 23.1 Å². The molecule has 1 heterocycles. The summed E-state index contributed by atoms with van der Waals surface area (Å²) in [7, 11) is 0.417. The molecule has 4 aromatic rings. The highest BCUT2D eigenvalue weighted by Crippen LogP contribution is 2.24. The first-order valence-corrected chi connectivity index (χ1v) is 11.8. The highest BCUT2D eigenvalue weighted by Gasteiger charge is 2.15. The second-order valence-corrected chi connectivity index (χ2v) is 8.88. The number of hydrogen-bond donors (Lipinski definition) is 1. The van der Waals surface area contributed by atoms with Gasteiger partial charge in [0, 0.05) is 22.6 Å². The van der Waals surface area contributed by atoms with E-state index in [1.807, 2.05) is 61.5 Å². The molecular formula is C26H24N2O4S. The molecule has 3 aromatic carbocycles. The van der Waals surface area contributed by atoms with Gasteiger partial charge in [0.1, 0.15) is 11.5 Å². The number of carbonyl (C=O) groups is 1. The van der Waals surface area contributed by atoms with Crippen molar-refractivity contribution in [3.05, 3.63) is 101 Å². The van der Waals surface area contributed by atoms with Crippen molar-refractivity contribution >= 4 is 16.7 Å². The van der Waals surface area contributed by atoms with Gasteiger partial charge in [0.15, 0.2) is 0 Å². The van der Waals surface area contributed by atoms with Crippen LogP contribution in [0, 0.1) is 6.92 Å². The fourth-order valence-electron chi connectivity index (χ4n) is 3.26. The maximum atomic E-state index is 12.6. The van der Waals surface area contributed by atoms with Gasteiger partial charge in [-0.1, -0.05) is 30.3 Å². The minimum Gasteiger partial charge on any atom is -0.497 e. The summed E-state index contributed by atoms with van der Waals surface area (Å²) in [4.78, 5) is 17.8. The first-order chi connectivity index (χ1) is 16.0. The van der Waals surface area contributed by atoms with Gasteiger partial charge in [-0.25, -0.2) is 4.98 Å². The van der Waals surface area contributed by atoms with Crippen molar-refractivity contribution in [3.8, 4) is 17.2 Å². The van der Waals surface area contributed by atoms with Gasteiger partial charge in [-0.3, -0.25) is 9.00 Å². The predicted octanol–water partition coefficient (Wildman–Crippen LogP) is 4.90. The zero-order valence-electron chi connectivity index (χ0n) is 18.4. The molecule has 0 unspecified atom stereocenters. The number of aromatic nitrogens is 1. The average Bonchev–Trinajstić information content (AvgIpc) is 3.23. The Morgan fingerprint density at radius 3 is 2.36 bits per heavy atom. The minimum absolute atomic E-state index is 0.167. The third-order valence-electron chi connectivity index (χ3n) is 5.17. The predicted molar refractivity (Wildman–Crippen MR) is 127 cm³/mol. The molecule has 0 saturated heterocycles. The molecule has 1 aromatic heterocycles. The van der Waals surface area contributed by atoms with Crippen LogP contribution in [0.2, 0.25) is 0 Å². The molecule has 1 amide bonds. The third-order valence-corrected chi connectivity index (χ3v) is 6.51. The Labute approximate surface area is 195 Å². The van der Waals surface area contributed by atoms with E-state index in [1.54, 1.807) is 31.4 Å². The van der Waals surface area contributed by atoms with Gasteiger partial charge < -0.3 is 14.5 Å². The Bertz CT molecular complexity index is 1250. The number of rotatable bonds is 8. The largest absolute Gasteiger partial charge is 0.497 e. The van der Waals surface area contributed by atoms with Crippen LogP contribution in [0.1, 0.15) is 27.4 Å². The van der Waals surface area contributed by atoms with Crippen molar-refractivity contribution in [2.45, 2.75) is 24.1 Å². The molecule has 6 nitrogen and oxygen atoms in total. The van der Waals surface area contributed by atoms with Gasteiger partial charge in [-0.05, 0) is 61.0 Å². The number of nitrogens with one attached hydrogen (secondary N) is 1. The minimum atomic E-state index is -1.20. The summed E-state index contributed by atoms with van der Waals surface area (Å²) < 4.78 is 23.6. The van der Waals surface area contributed by atoms with Crippen LogP contribution in [0.3, 0.4) is 0 Å². The van der Waals surface area contributed by atoms with E-state index < -0.39 is 10.8 Å². The third kappa shape index (κ3) is 5.56. The van der Waals surface area contributed by atoms with Gasteiger partial charge in [0.2, 0.25) is 5.89 Å². The molecule has 0 fully saturated rings. The summed E-state index contributed by atoms with van der Waals surface area (Å²) in [5.74, 6) is 1.97. The van der Waals surface area contributed by atoms with Crippen LogP contribution >= 0.6 is 0 Å². The lowest BCUT2D eigenvalue weighted by Crippen LogP contribution is -2.22. The van der Waals surface area contributed by atoms with Gasteiger partial charge in [-0.15, -0.1) is 0 Å². The van der Waals surface area contributed by atoms with Gasteiger partial charge in [0.25, 0.3) is 5.91 Å². The van der Waals surface area contributed by atoms with E-state index >= 15 is 0 Å². The van der Waals surface area contributed by atoms with Crippen LogP contribution < -0.4 is 10.1 Å². The quantitative estimate of drug-likeness (QED) is 0.405. The number of methoxy groups -OCH3 is 1. The van der Waals surface area contributed by atoms with Crippen LogP contribution in [0.15, 0.2) is 88.2 Å². The Kier molecular flexibility index (Phi) is 7.00. The van der Waals surface area contributed by atoms with Crippen LogP contribution in [0.4, 0.5) is 0 Å². The highest BCUT2D eigenvalue weighted by atomic mass is 32.2. The standard InChI is InChI=1S/C26H24N2O4S/c1-18-24(17-33(30)23-6-4-3-5-7-23)28-26(32-18)21-12-10-20(11-13-21)25(29)27-16-19-8-14-22(31-2)15-9-19/h3-15H,16-17H2,1-2H3,(H,27,29)/t33-/m0/s1. The number of aryl methyl sites for hydroxylation is 1. The van der Waals surface area contributed by atoms with E-state index in [2.05, 4.69) is 10.3 Å². The lowest BCUT2D eigenvalue weighted by molar-refractivity contribution is 0.0951. The van der Waals surface area contributed by atoms with Crippen LogP contribution in [0.25, 0.3) is 11.5 Å². The molecule has 0 spiro atoms. The zero-order valence-corrected chi connectivity index (χ0v) is 19.2. The molecule has 1 N–H and O–H groups in total. The molecular weight excluding hydrogens is 436 g/mol. The summed E-state index contributed by atoms with van der Waals surface area (Å²) in [6.07, 6.45) is 0. The van der Waals surface area contributed by atoms with E-state index in [0.717, 1.165) is 21.8 Å². The number of ether oxygens (including phenoxy) is 1. The van der Waals surface area contributed by atoms with Crippen molar-refractivity contribution in [1.29, 1.82) is 0 Å². The molecule has 168 valence electrons. The number of hydrogen-bond acceptors (Lipinski definition) is 5. The maximum absolute atomic E-state index is 12.6. The molecule has 4 rings (SSSR count). The molecule has 33 heavy (non-hydrogen) atoms. The molecule has 0 bridgehead atoms. The van der Waals surface area contributed by atoms with E-state index in [-0.39, 0.29) is 11.7 Å². The maximum Gasteiger partial charge on any atom is 0.251 e. The molecule has 7 heteroatoms. The van der Waals surface area contributed by atoms with Crippen molar-refractivity contribution in [2.24, 2.45) is 0 Å². The Balaban J connectivity index is 1.39. The second kappa shape index (κ2) is 10.3.